The number of anilines is 1. The summed E-state index contributed by atoms with van der Waals surface area (Å²) in [6.07, 6.45) is 8.36. The molecule has 8 nitrogen and oxygen atoms in total. The van der Waals surface area contributed by atoms with Gasteiger partial charge in [0, 0.05) is 30.7 Å². The maximum absolute atomic E-state index is 17.3. The van der Waals surface area contributed by atoms with E-state index in [0.717, 1.165) is 92.9 Å². The molecule has 1 aliphatic carbocycles. The van der Waals surface area contributed by atoms with Gasteiger partial charge in [0.1, 0.15) is 35.1 Å². The van der Waals surface area contributed by atoms with Crippen LogP contribution in [-0.4, -0.2) is 75.9 Å². The number of piperazine rings is 1. The van der Waals surface area contributed by atoms with E-state index < -0.39 is 5.82 Å². The van der Waals surface area contributed by atoms with Gasteiger partial charge < -0.3 is 19.7 Å². The SMILES string of the molecule is C=C1CN2CCCC2(COc2nc3c4c(nc(-c5cccc6cccc(CC)c56)c(F)c4n2)O[C@@H](C2CC2)[C@@H]2[C@@H]4CC[C@H](CN32)N4)C1. The highest BCUT2D eigenvalue weighted by atomic mass is 19.1. The van der Waals surface area contributed by atoms with Crippen LogP contribution in [0, 0.1) is 11.7 Å². The van der Waals surface area contributed by atoms with Crippen molar-refractivity contribution in [2.24, 2.45) is 5.92 Å². The quantitative estimate of drug-likeness (QED) is 0.252. The summed E-state index contributed by atoms with van der Waals surface area (Å²) in [7, 11) is 0. The van der Waals surface area contributed by atoms with E-state index in [9.17, 15) is 0 Å². The maximum Gasteiger partial charge on any atom is 0.319 e. The first kappa shape index (κ1) is 28.2. The second-order valence-electron chi connectivity index (χ2n) is 14.9. The highest BCUT2D eigenvalue weighted by Crippen LogP contribution is 2.49. The zero-order valence-corrected chi connectivity index (χ0v) is 27.0. The maximum atomic E-state index is 17.3. The number of halogens is 1. The van der Waals surface area contributed by atoms with Crippen LogP contribution in [0.15, 0.2) is 48.6 Å². The second kappa shape index (κ2) is 10.3. The molecular formula is C38H41FN6O2. The fourth-order valence-corrected chi connectivity index (χ4v) is 9.67. The van der Waals surface area contributed by atoms with Gasteiger partial charge in [-0.2, -0.15) is 9.97 Å². The lowest BCUT2D eigenvalue weighted by molar-refractivity contribution is 0.107. The summed E-state index contributed by atoms with van der Waals surface area (Å²) < 4.78 is 30.9. The molecule has 6 aliphatic rings. The number of hydrogen-bond acceptors (Lipinski definition) is 8. The van der Waals surface area contributed by atoms with Crippen molar-refractivity contribution in [2.45, 2.75) is 88.1 Å². The minimum absolute atomic E-state index is 0.0618. The number of rotatable bonds is 6. The van der Waals surface area contributed by atoms with Gasteiger partial charge in [0.25, 0.3) is 0 Å². The van der Waals surface area contributed by atoms with Crippen LogP contribution in [0.5, 0.6) is 11.9 Å². The van der Waals surface area contributed by atoms with E-state index in [-0.39, 0.29) is 40.9 Å². The second-order valence-corrected chi connectivity index (χ2v) is 14.9. The highest BCUT2D eigenvalue weighted by Gasteiger charge is 2.53. The Morgan fingerprint density at radius 3 is 2.81 bits per heavy atom. The number of fused-ring (bicyclic) bond motifs is 7. The van der Waals surface area contributed by atoms with Gasteiger partial charge in [0.2, 0.25) is 5.88 Å². The molecule has 4 aromatic rings. The number of aromatic nitrogens is 3. The molecule has 5 atom stereocenters. The van der Waals surface area contributed by atoms with Crippen molar-refractivity contribution in [2.75, 3.05) is 31.1 Å². The lowest BCUT2D eigenvalue weighted by atomic mass is 9.94. The van der Waals surface area contributed by atoms with Gasteiger partial charge in [-0.3, -0.25) is 4.90 Å². The summed E-state index contributed by atoms with van der Waals surface area (Å²) in [5, 5.41) is 6.53. The monoisotopic (exact) mass is 632 g/mol. The zero-order chi connectivity index (χ0) is 31.4. The van der Waals surface area contributed by atoms with Gasteiger partial charge in [-0.15, -0.1) is 0 Å². The molecule has 2 aromatic carbocycles. The molecule has 0 amide bonds. The van der Waals surface area contributed by atoms with Gasteiger partial charge >= 0.3 is 6.01 Å². The summed E-state index contributed by atoms with van der Waals surface area (Å²) >= 11 is 0. The normalized spacial score (nSPS) is 29.7. The topological polar surface area (TPSA) is 75.6 Å². The number of nitrogens with zero attached hydrogens (tertiary/aromatic N) is 5. The minimum Gasteiger partial charge on any atom is -0.471 e. The molecule has 5 fully saturated rings. The van der Waals surface area contributed by atoms with Gasteiger partial charge in [-0.1, -0.05) is 55.5 Å². The average Bonchev–Trinajstić information content (AvgIpc) is 3.68. The number of hydrogen-bond donors (Lipinski definition) is 1. The van der Waals surface area contributed by atoms with Crippen LogP contribution in [0.3, 0.4) is 0 Å². The van der Waals surface area contributed by atoms with E-state index >= 15 is 4.39 Å². The fourth-order valence-electron chi connectivity index (χ4n) is 9.67. The van der Waals surface area contributed by atoms with Gasteiger partial charge in [0.05, 0.1) is 11.6 Å². The van der Waals surface area contributed by atoms with Crippen molar-refractivity contribution in [3.63, 3.8) is 0 Å². The van der Waals surface area contributed by atoms with E-state index in [1.54, 1.807) is 0 Å². The number of ether oxygens (including phenoxy) is 2. The summed E-state index contributed by atoms with van der Waals surface area (Å²) in [5.74, 6) is 1.14. The molecule has 9 heteroatoms. The van der Waals surface area contributed by atoms with Crippen LogP contribution in [0.1, 0.15) is 57.4 Å². The van der Waals surface area contributed by atoms with E-state index in [1.807, 2.05) is 12.1 Å². The predicted molar refractivity (Wildman–Crippen MR) is 181 cm³/mol. The Bertz CT molecular complexity index is 1960. The van der Waals surface area contributed by atoms with Gasteiger partial charge in [0.15, 0.2) is 5.82 Å². The standard InChI is InChI=1S/C38H41FN6O2/c1-3-22-7-4-8-23-9-5-10-26(28(22)23)31-30(39)32-29-35(43-37(42-32)46-20-38-15-6-16-44(38)18-21(2)17-38)45-19-25-13-14-27(40-25)33(45)34(24-11-12-24)47-36(29)41-31/h4-5,7-10,24-25,27,33-34,40H,2-3,6,11-20H2,1H3/t25-,27+,33+,34+,38?/m1/s1. The number of aryl methyl sites for hydroxylation is 1. The minimum atomic E-state index is -0.450. The van der Waals surface area contributed by atoms with Crippen LogP contribution >= 0.6 is 0 Å². The van der Waals surface area contributed by atoms with Crippen LogP contribution in [0.25, 0.3) is 32.9 Å². The van der Waals surface area contributed by atoms with E-state index in [2.05, 4.69) is 52.9 Å². The molecule has 4 saturated heterocycles. The molecule has 5 aliphatic heterocycles. The fraction of sp³-hybridized carbons (Fsp3) is 0.500. The molecule has 1 saturated carbocycles. The smallest absolute Gasteiger partial charge is 0.319 e. The number of pyridine rings is 1. The number of nitrogens with one attached hydrogen (secondary N) is 1. The molecule has 2 bridgehead atoms. The molecule has 10 rings (SSSR count). The Hall–Kier alpha value is -3.82. The van der Waals surface area contributed by atoms with Crippen LogP contribution in [-0.2, 0) is 6.42 Å². The van der Waals surface area contributed by atoms with Crippen molar-refractivity contribution in [3.8, 4) is 23.1 Å². The Balaban J connectivity index is 1.18. The molecule has 242 valence electrons. The lowest BCUT2D eigenvalue weighted by Crippen LogP contribution is -2.63. The first-order chi connectivity index (χ1) is 23.0. The Morgan fingerprint density at radius 2 is 1.96 bits per heavy atom. The van der Waals surface area contributed by atoms with E-state index in [0.29, 0.717) is 35.7 Å². The average molecular weight is 633 g/mol. The van der Waals surface area contributed by atoms with Crippen LogP contribution < -0.4 is 19.7 Å². The molecule has 0 spiro atoms. The van der Waals surface area contributed by atoms with Crippen molar-refractivity contribution < 1.29 is 13.9 Å². The van der Waals surface area contributed by atoms with E-state index in [1.165, 1.54) is 5.57 Å². The zero-order valence-electron chi connectivity index (χ0n) is 27.0. The van der Waals surface area contributed by atoms with Crippen molar-refractivity contribution in [3.05, 3.63) is 59.9 Å². The Kier molecular flexibility index (Phi) is 6.21. The third kappa shape index (κ3) is 4.28. The first-order valence-corrected chi connectivity index (χ1v) is 17.7. The predicted octanol–water partition coefficient (Wildman–Crippen LogP) is 6.20. The molecule has 2 aromatic heterocycles. The number of benzene rings is 2. The van der Waals surface area contributed by atoms with Crippen molar-refractivity contribution in [1.29, 1.82) is 0 Å². The molecule has 0 radical (unpaired) electrons. The Labute approximate surface area is 274 Å². The van der Waals surface area contributed by atoms with Crippen LogP contribution in [0.4, 0.5) is 10.2 Å². The summed E-state index contributed by atoms with van der Waals surface area (Å²) in [6, 6.07) is 13.3. The first-order valence-electron chi connectivity index (χ1n) is 17.7. The Morgan fingerprint density at radius 1 is 1.09 bits per heavy atom. The van der Waals surface area contributed by atoms with Crippen molar-refractivity contribution >= 4 is 27.5 Å². The molecule has 47 heavy (non-hydrogen) atoms. The highest BCUT2D eigenvalue weighted by molar-refractivity contribution is 6.02. The largest absolute Gasteiger partial charge is 0.471 e. The summed E-state index contributed by atoms with van der Waals surface area (Å²) in [6.45, 7) is 9.65. The van der Waals surface area contributed by atoms with Gasteiger partial charge in [-0.05, 0) is 80.2 Å². The van der Waals surface area contributed by atoms with Gasteiger partial charge in [-0.25, -0.2) is 9.37 Å². The third-order valence-electron chi connectivity index (χ3n) is 12.0. The summed E-state index contributed by atoms with van der Waals surface area (Å²) in [5.41, 5.74) is 3.58. The van der Waals surface area contributed by atoms with E-state index in [4.69, 9.17) is 24.4 Å². The van der Waals surface area contributed by atoms with Crippen molar-refractivity contribution in [1.82, 2.24) is 25.2 Å². The molecular weight excluding hydrogens is 591 g/mol. The lowest BCUT2D eigenvalue weighted by Gasteiger charge is -2.43. The molecule has 7 heterocycles. The summed E-state index contributed by atoms with van der Waals surface area (Å²) in [4.78, 5) is 20.0. The van der Waals surface area contributed by atoms with Crippen LogP contribution in [0.2, 0.25) is 0 Å². The third-order valence-corrected chi connectivity index (χ3v) is 12.0. The molecule has 1 N–H and O–H groups in total. The molecule has 1 unspecified atom stereocenters.